The van der Waals surface area contributed by atoms with Gasteiger partial charge in [-0.25, -0.2) is 4.79 Å². The average Bonchev–Trinajstić information content (AvgIpc) is 3.68. The van der Waals surface area contributed by atoms with Crippen LogP contribution in [0, 0.1) is 25.7 Å². The second-order valence-electron chi connectivity index (χ2n) is 10.1. The van der Waals surface area contributed by atoms with E-state index in [0.717, 1.165) is 12.8 Å². The summed E-state index contributed by atoms with van der Waals surface area (Å²) in [6, 6.07) is 4.24. The number of nitrogens with zero attached hydrogens (tertiary/aromatic N) is 3. The van der Waals surface area contributed by atoms with E-state index >= 15 is 0 Å². The molecule has 1 fully saturated rings. The molecular formula is C26H35N5O6. The van der Waals surface area contributed by atoms with Crippen LogP contribution in [0.4, 0.5) is 16.2 Å². The number of likely N-dealkylation sites (N-methyl/N-ethyl adjacent to an activating group) is 1. The molecule has 3 N–H and O–H groups in total. The molecule has 11 heteroatoms. The summed E-state index contributed by atoms with van der Waals surface area (Å²) >= 11 is 0. The number of anilines is 2. The fourth-order valence-corrected chi connectivity index (χ4v) is 4.32. The standard InChI is InChI=1S/C26H35N5O6/c1-14-11-31(15(2)13-32)25(34)20-10-19(27-24(33)18-6-7-18)8-9-21(20)36-22(14)12-30(5)26(35)28-23-16(3)29-37-17(23)4/h8-10,14-15,18,22,32H,6-7,11-13H2,1-5H3,(H,27,33)(H,28,35)/t14-,15-,22+/m0/s1. The summed E-state index contributed by atoms with van der Waals surface area (Å²) in [5.41, 5.74) is 1.93. The van der Waals surface area contributed by atoms with Gasteiger partial charge in [0.05, 0.1) is 24.8 Å². The Morgan fingerprint density at radius 1 is 1.27 bits per heavy atom. The molecule has 0 unspecified atom stereocenters. The van der Waals surface area contributed by atoms with Crippen LogP contribution < -0.4 is 15.4 Å². The minimum Gasteiger partial charge on any atom is -0.487 e. The number of aromatic nitrogens is 1. The number of aliphatic hydroxyl groups excluding tert-OH is 1. The van der Waals surface area contributed by atoms with E-state index in [9.17, 15) is 19.5 Å². The van der Waals surface area contributed by atoms with E-state index in [2.05, 4.69) is 15.8 Å². The van der Waals surface area contributed by atoms with Crippen LogP contribution in [-0.4, -0.2) is 76.8 Å². The highest BCUT2D eigenvalue weighted by atomic mass is 16.5. The molecule has 1 aliphatic carbocycles. The third kappa shape index (κ3) is 5.87. The Kier molecular flexibility index (Phi) is 7.72. The lowest BCUT2D eigenvalue weighted by atomic mass is 9.99. The number of carbonyl (C=O) groups is 3. The summed E-state index contributed by atoms with van der Waals surface area (Å²) in [4.78, 5) is 41.9. The summed E-state index contributed by atoms with van der Waals surface area (Å²) in [6.45, 7) is 7.57. The zero-order valence-electron chi connectivity index (χ0n) is 21.9. The van der Waals surface area contributed by atoms with E-state index < -0.39 is 12.1 Å². The molecule has 0 radical (unpaired) electrons. The second-order valence-corrected chi connectivity index (χ2v) is 10.1. The minimum atomic E-state index is -0.451. The van der Waals surface area contributed by atoms with Crippen molar-refractivity contribution in [1.29, 1.82) is 0 Å². The number of aliphatic hydroxyl groups is 1. The minimum absolute atomic E-state index is 0.0252. The Labute approximate surface area is 216 Å². The Bertz CT molecular complexity index is 1160. The molecule has 2 aliphatic rings. The maximum atomic E-state index is 13.5. The van der Waals surface area contributed by atoms with Crippen molar-refractivity contribution < 1.29 is 28.8 Å². The van der Waals surface area contributed by atoms with Crippen molar-refractivity contribution in [3.05, 3.63) is 35.2 Å². The van der Waals surface area contributed by atoms with Gasteiger partial charge in [0.1, 0.15) is 23.2 Å². The Morgan fingerprint density at radius 2 is 2.00 bits per heavy atom. The quantitative estimate of drug-likeness (QED) is 0.517. The molecule has 4 amide bonds. The van der Waals surface area contributed by atoms with Gasteiger partial charge in [-0.05, 0) is 51.8 Å². The fraction of sp³-hybridized carbons (Fsp3) is 0.538. The SMILES string of the molecule is Cc1noc(C)c1NC(=O)N(C)C[C@H]1Oc2ccc(NC(=O)C3CC3)cc2C(=O)N([C@@H](C)CO)C[C@@H]1C. The maximum Gasteiger partial charge on any atom is 0.321 e. The van der Waals surface area contributed by atoms with Gasteiger partial charge in [-0.3, -0.25) is 9.59 Å². The lowest BCUT2D eigenvalue weighted by molar-refractivity contribution is -0.117. The fourth-order valence-electron chi connectivity index (χ4n) is 4.32. The van der Waals surface area contributed by atoms with Gasteiger partial charge in [-0.2, -0.15) is 0 Å². The van der Waals surface area contributed by atoms with Crippen molar-refractivity contribution in [2.75, 3.05) is 37.4 Å². The number of aryl methyl sites for hydroxylation is 2. The summed E-state index contributed by atoms with van der Waals surface area (Å²) in [5, 5.41) is 19.4. The smallest absolute Gasteiger partial charge is 0.321 e. The molecule has 0 saturated heterocycles. The topological polar surface area (TPSA) is 137 Å². The van der Waals surface area contributed by atoms with Crippen LogP contribution in [0.1, 0.15) is 48.5 Å². The lowest BCUT2D eigenvalue weighted by Gasteiger charge is -2.38. The van der Waals surface area contributed by atoms with Gasteiger partial charge >= 0.3 is 6.03 Å². The van der Waals surface area contributed by atoms with Crippen LogP contribution in [0.3, 0.4) is 0 Å². The first kappa shape index (κ1) is 26.5. The number of ether oxygens (including phenoxy) is 1. The summed E-state index contributed by atoms with van der Waals surface area (Å²) < 4.78 is 11.5. The molecule has 3 atom stereocenters. The first-order chi connectivity index (χ1) is 17.6. The number of fused-ring (bicyclic) bond motifs is 1. The van der Waals surface area contributed by atoms with Crippen molar-refractivity contribution in [2.45, 2.75) is 52.7 Å². The number of benzene rings is 1. The second kappa shape index (κ2) is 10.8. The van der Waals surface area contributed by atoms with Gasteiger partial charge < -0.3 is 34.8 Å². The Morgan fingerprint density at radius 3 is 2.62 bits per heavy atom. The zero-order chi connectivity index (χ0) is 26.9. The third-order valence-corrected chi connectivity index (χ3v) is 6.95. The molecule has 4 rings (SSSR count). The van der Waals surface area contributed by atoms with E-state index in [1.165, 1.54) is 4.90 Å². The predicted molar refractivity (Wildman–Crippen MR) is 137 cm³/mol. The van der Waals surface area contributed by atoms with Gasteiger partial charge in [0.2, 0.25) is 5.91 Å². The van der Waals surface area contributed by atoms with Crippen LogP contribution >= 0.6 is 0 Å². The number of rotatable bonds is 7. The molecule has 1 saturated carbocycles. The Hall–Kier alpha value is -3.60. The first-order valence-electron chi connectivity index (χ1n) is 12.6. The first-order valence-corrected chi connectivity index (χ1v) is 12.6. The summed E-state index contributed by atoms with van der Waals surface area (Å²) in [6.07, 6.45) is 1.29. The van der Waals surface area contributed by atoms with Crippen LogP contribution in [0.2, 0.25) is 0 Å². The molecule has 11 nitrogen and oxygen atoms in total. The number of urea groups is 1. The van der Waals surface area contributed by atoms with E-state index in [1.807, 2.05) is 6.92 Å². The molecule has 1 aromatic carbocycles. The highest BCUT2D eigenvalue weighted by Gasteiger charge is 2.35. The van der Waals surface area contributed by atoms with Crippen LogP contribution in [-0.2, 0) is 4.79 Å². The average molecular weight is 514 g/mol. The van der Waals surface area contributed by atoms with E-state index in [4.69, 9.17) is 9.26 Å². The van der Waals surface area contributed by atoms with Crippen LogP contribution in [0.15, 0.2) is 22.7 Å². The number of hydrogen-bond acceptors (Lipinski definition) is 7. The molecule has 37 heavy (non-hydrogen) atoms. The highest BCUT2D eigenvalue weighted by molar-refractivity contribution is 6.00. The largest absolute Gasteiger partial charge is 0.487 e. The Balaban J connectivity index is 1.57. The van der Waals surface area contributed by atoms with Crippen molar-refractivity contribution in [3.8, 4) is 5.75 Å². The predicted octanol–water partition coefficient (Wildman–Crippen LogP) is 3.02. The normalized spacial score (nSPS) is 20.3. The third-order valence-electron chi connectivity index (χ3n) is 6.95. The van der Waals surface area contributed by atoms with Gasteiger partial charge in [0.15, 0.2) is 5.76 Å². The number of amides is 4. The molecule has 1 aliphatic heterocycles. The van der Waals surface area contributed by atoms with Crippen molar-refractivity contribution in [1.82, 2.24) is 15.0 Å². The molecule has 0 spiro atoms. The van der Waals surface area contributed by atoms with E-state index in [-0.39, 0.29) is 42.8 Å². The number of carbonyl (C=O) groups excluding carboxylic acids is 3. The molecule has 2 heterocycles. The van der Waals surface area contributed by atoms with Crippen molar-refractivity contribution >= 4 is 29.2 Å². The summed E-state index contributed by atoms with van der Waals surface area (Å²) in [7, 11) is 1.67. The number of nitrogens with one attached hydrogen (secondary N) is 2. The summed E-state index contributed by atoms with van der Waals surface area (Å²) in [5.74, 6) is 0.402. The number of hydrogen-bond donors (Lipinski definition) is 3. The highest BCUT2D eigenvalue weighted by Crippen LogP contribution is 2.33. The molecule has 200 valence electrons. The molecule has 2 aromatic rings. The van der Waals surface area contributed by atoms with Crippen molar-refractivity contribution in [3.63, 3.8) is 0 Å². The molecule has 0 bridgehead atoms. The van der Waals surface area contributed by atoms with Gasteiger partial charge in [0, 0.05) is 31.1 Å². The van der Waals surface area contributed by atoms with E-state index in [0.29, 0.717) is 40.7 Å². The van der Waals surface area contributed by atoms with Crippen LogP contribution in [0.5, 0.6) is 5.75 Å². The molecular weight excluding hydrogens is 478 g/mol. The lowest BCUT2D eigenvalue weighted by Crippen LogP contribution is -2.50. The maximum absolute atomic E-state index is 13.5. The van der Waals surface area contributed by atoms with E-state index in [1.54, 1.807) is 50.9 Å². The van der Waals surface area contributed by atoms with Gasteiger partial charge in [-0.1, -0.05) is 12.1 Å². The van der Waals surface area contributed by atoms with Gasteiger partial charge in [-0.15, -0.1) is 0 Å². The van der Waals surface area contributed by atoms with Crippen LogP contribution in [0.25, 0.3) is 0 Å². The molecule has 1 aromatic heterocycles. The monoisotopic (exact) mass is 513 g/mol. The zero-order valence-corrected chi connectivity index (χ0v) is 21.9. The van der Waals surface area contributed by atoms with Crippen molar-refractivity contribution in [2.24, 2.45) is 11.8 Å². The van der Waals surface area contributed by atoms with Gasteiger partial charge in [0.25, 0.3) is 5.91 Å².